The van der Waals surface area contributed by atoms with Crippen molar-refractivity contribution in [3.63, 3.8) is 0 Å². The molecule has 0 fully saturated rings. The van der Waals surface area contributed by atoms with Gasteiger partial charge < -0.3 is 10.4 Å². The Labute approximate surface area is 127 Å². The Bertz CT molecular complexity index is 665. The van der Waals surface area contributed by atoms with Crippen LogP contribution in [0.25, 0.3) is 0 Å². The van der Waals surface area contributed by atoms with Crippen molar-refractivity contribution in [3.05, 3.63) is 38.8 Å². The van der Waals surface area contributed by atoms with E-state index in [2.05, 4.69) is 26.2 Å². The zero-order valence-corrected chi connectivity index (χ0v) is 13.1. The highest BCUT2D eigenvalue weighted by Gasteiger charge is 2.20. The minimum absolute atomic E-state index is 0.142. The smallest absolute Gasteiger partial charge is 0.356 e. The van der Waals surface area contributed by atoms with Crippen LogP contribution in [-0.2, 0) is 0 Å². The molecule has 1 aromatic heterocycles. The van der Waals surface area contributed by atoms with Crippen LogP contribution in [0, 0.1) is 6.92 Å². The fourth-order valence-corrected chi connectivity index (χ4v) is 2.84. The largest absolute Gasteiger partial charge is 0.476 e. The molecule has 0 spiro atoms. The second-order valence-electron chi connectivity index (χ2n) is 4.12. The standard InChI is InChI=1S/C13H11BrN2O3S/c1-6-4-3-5-8(9(6)14)15-13-16-10(12(18)19)11(20-13)7(2)17/h3-5H,1-2H3,(H,15,16)(H,18,19). The lowest BCUT2D eigenvalue weighted by molar-refractivity contribution is 0.0687. The number of aryl methyl sites for hydroxylation is 1. The second-order valence-corrected chi connectivity index (χ2v) is 5.91. The van der Waals surface area contributed by atoms with Crippen molar-refractivity contribution >= 4 is 49.8 Å². The molecule has 0 radical (unpaired) electrons. The highest BCUT2D eigenvalue weighted by Crippen LogP contribution is 2.31. The topological polar surface area (TPSA) is 79.3 Å². The quantitative estimate of drug-likeness (QED) is 0.815. The first-order valence-corrected chi connectivity index (χ1v) is 7.28. The molecule has 0 saturated carbocycles. The summed E-state index contributed by atoms with van der Waals surface area (Å²) in [6.45, 7) is 3.27. The number of hydrogen-bond donors (Lipinski definition) is 2. The van der Waals surface area contributed by atoms with E-state index in [0.29, 0.717) is 5.13 Å². The van der Waals surface area contributed by atoms with Crippen molar-refractivity contribution in [1.82, 2.24) is 4.98 Å². The highest BCUT2D eigenvalue weighted by atomic mass is 79.9. The van der Waals surface area contributed by atoms with Crippen molar-refractivity contribution < 1.29 is 14.7 Å². The molecule has 0 bridgehead atoms. The molecule has 2 N–H and O–H groups in total. The number of halogens is 1. The van der Waals surface area contributed by atoms with Crippen LogP contribution in [0.1, 0.15) is 32.6 Å². The van der Waals surface area contributed by atoms with E-state index in [1.165, 1.54) is 6.92 Å². The van der Waals surface area contributed by atoms with Gasteiger partial charge in [0.15, 0.2) is 16.6 Å². The summed E-state index contributed by atoms with van der Waals surface area (Å²) in [4.78, 5) is 26.6. The molecule has 2 aromatic rings. The molecule has 2 rings (SSSR count). The predicted molar refractivity (Wildman–Crippen MR) is 81.2 cm³/mol. The van der Waals surface area contributed by atoms with Crippen molar-refractivity contribution in [1.29, 1.82) is 0 Å². The number of thiazole rings is 1. The monoisotopic (exact) mass is 354 g/mol. The summed E-state index contributed by atoms with van der Waals surface area (Å²) in [5, 5.41) is 12.5. The second kappa shape index (κ2) is 5.72. The van der Waals surface area contributed by atoms with Crippen LogP contribution >= 0.6 is 27.3 Å². The van der Waals surface area contributed by atoms with Gasteiger partial charge in [0.25, 0.3) is 0 Å². The van der Waals surface area contributed by atoms with Gasteiger partial charge in [-0.3, -0.25) is 4.79 Å². The van der Waals surface area contributed by atoms with Crippen molar-refractivity contribution in [2.24, 2.45) is 0 Å². The van der Waals surface area contributed by atoms with Gasteiger partial charge in [-0.2, -0.15) is 0 Å². The molecule has 20 heavy (non-hydrogen) atoms. The first-order valence-electron chi connectivity index (χ1n) is 5.67. The van der Waals surface area contributed by atoms with Gasteiger partial charge in [0, 0.05) is 11.4 Å². The molecule has 0 atom stereocenters. The number of nitrogens with one attached hydrogen (secondary N) is 1. The molecule has 1 aromatic carbocycles. The van der Waals surface area contributed by atoms with E-state index in [-0.39, 0.29) is 16.4 Å². The number of Topliss-reactive ketones (excluding diaryl/α,β-unsaturated/α-hetero) is 1. The Kier molecular flexibility index (Phi) is 4.20. The van der Waals surface area contributed by atoms with E-state index >= 15 is 0 Å². The van der Waals surface area contributed by atoms with Crippen molar-refractivity contribution in [2.45, 2.75) is 13.8 Å². The van der Waals surface area contributed by atoms with Gasteiger partial charge >= 0.3 is 5.97 Å². The number of anilines is 2. The molecule has 0 saturated heterocycles. The molecule has 1 heterocycles. The molecule has 5 nitrogen and oxygen atoms in total. The molecular weight excluding hydrogens is 344 g/mol. The van der Waals surface area contributed by atoms with Gasteiger partial charge in [-0.15, -0.1) is 0 Å². The first kappa shape index (κ1) is 14.7. The number of carboxylic acid groups (broad SMARTS) is 1. The Morgan fingerprint density at radius 3 is 2.65 bits per heavy atom. The van der Waals surface area contributed by atoms with E-state index in [1.54, 1.807) is 0 Å². The summed E-state index contributed by atoms with van der Waals surface area (Å²) in [5.74, 6) is -1.51. The van der Waals surface area contributed by atoms with E-state index in [0.717, 1.165) is 27.1 Å². The zero-order valence-electron chi connectivity index (χ0n) is 10.7. The van der Waals surface area contributed by atoms with Crippen LogP contribution < -0.4 is 5.32 Å². The summed E-state index contributed by atoms with van der Waals surface area (Å²) >= 11 is 4.48. The highest BCUT2D eigenvalue weighted by molar-refractivity contribution is 9.10. The SMILES string of the molecule is CC(=O)c1sc(Nc2cccc(C)c2Br)nc1C(=O)O. The van der Waals surface area contributed by atoms with Gasteiger partial charge in [-0.1, -0.05) is 23.5 Å². The van der Waals surface area contributed by atoms with Gasteiger partial charge in [0.1, 0.15) is 4.88 Å². The third kappa shape index (κ3) is 2.88. The van der Waals surface area contributed by atoms with Crippen LogP contribution in [0.4, 0.5) is 10.8 Å². The van der Waals surface area contributed by atoms with Crippen molar-refractivity contribution in [2.75, 3.05) is 5.32 Å². The van der Waals surface area contributed by atoms with Gasteiger partial charge in [0.2, 0.25) is 0 Å². The maximum absolute atomic E-state index is 11.4. The van der Waals surface area contributed by atoms with Crippen LogP contribution in [0.3, 0.4) is 0 Å². The summed E-state index contributed by atoms with van der Waals surface area (Å²) in [6.07, 6.45) is 0. The number of aromatic carboxylic acids is 1. The lowest BCUT2D eigenvalue weighted by atomic mass is 10.2. The minimum atomic E-state index is -1.21. The maximum atomic E-state index is 11.4. The summed E-state index contributed by atoms with van der Waals surface area (Å²) in [7, 11) is 0. The molecular formula is C13H11BrN2O3S. The maximum Gasteiger partial charge on any atom is 0.356 e. The average molecular weight is 355 g/mol. The molecule has 7 heteroatoms. The number of nitrogens with zero attached hydrogens (tertiary/aromatic N) is 1. The number of benzene rings is 1. The normalized spacial score (nSPS) is 10.3. The van der Waals surface area contributed by atoms with E-state index in [9.17, 15) is 9.59 Å². The number of ketones is 1. The Hall–Kier alpha value is -1.73. The predicted octanol–water partition coefficient (Wildman–Crippen LogP) is 3.86. The fourth-order valence-electron chi connectivity index (χ4n) is 1.62. The van der Waals surface area contributed by atoms with Gasteiger partial charge in [-0.25, -0.2) is 9.78 Å². The molecule has 0 unspecified atom stereocenters. The Morgan fingerprint density at radius 1 is 1.40 bits per heavy atom. The number of aromatic nitrogens is 1. The van der Waals surface area contributed by atoms with Crippen LogP contribution in [0.2, 0.25) is 0 Å². The fraction of sp³-hybridized carbons (Fsp3) is 0.154. The Balaban J connectivity index is 2.40. The third-order valence-corrected chi connectivity index (χ3v) is 4.71. The van der Waals surface area contributed by atoms with Crippen molar-refractivity contribution in [3.8, 4) is 0 Å². The number of carbonyl (C=O) groups excluding carboxylic acids is 1. The summed E-state index contributed by atoms with van der Waals surface area (Å²) in [5.41, 5.74) is 1.59. The van der Waals surface area contributed by atoms with Crippen LogP contribution in [-0.4, -0.2) is 21.8 Å². The molecule has 0 aliphatic rings. The number of rotatable bonds is 4. The average Bonchev–Trinajstić information content (AvgIpc) is 2.79. The summed E-state index contributed by atoms with van der Waals surface area (Å²) < 4.78 is 0.872. The number of carboxylic acids is 1. The van der Waals surface area contributed by atoms with E-state index < -0.39 is 5.97 Å². The Morgan fingerprint density at radius 2 is 2.10 bits per heavy atom. The zero-order chi connectivity index (χ0) is 14.9. The first-order chi connectivity index (χ1) is 9.40. The van der Waals surface area contributed by atoms with Crippen LogP contribution in [0.15, 0.2) is 22.7 Å². The van der Waals surface area contributed by atoms with E-state index in [4.69, 9.17) is 5.11 Å². The van der Waals surface area contributed by atoms with E-state index in [1.807, 2.05) is 25.1 Å². The lowest BCUT2D eigenvalue weighted by Gasteiger charge is -2.07. The van der Waals surface area contributed by atoms with Gasteiger partial charge in [-0.05, 0) is 34.5 Å². The number of hydrogen-bond acceptors (Lipinski definition) is 5. The minimum Gasteiger partial charge on any atom is -0.476 e. The molecule has 0 aliphatic carbocycles. The molecule has 0 aliphatic heterocycles. The van der Waals surface area contributed by atoms with Gasteiger partial charge in [0.05, 0.1) is 5.69 Å². The summed E-state index contributed by atoms with van der Waals surface area (Å²) in [6, 6.07) is 5.66. The molecule has 0 amide bonds. The number of carbonyl (C=O) groups is 2. The van der Waals surface area contributed by atoms with Crippen LogP contribution in [0.5, 0.6) is 0 Å². The third-order valence-electron chi connectivity index (χ3n) is 2.58. The lowest BCUT2D eigenvalue weighted by Crippen LogP contribution is -2.03. The molecule has 104 valence electrons.